The Kier molecular flexibility index (Phi) is 6.68. The fourth-order valence-electron chi connectivity index (χ4n) is 4.54. The quantitative estimate of drug-likeness (QED) is 0.532. The summed E-state index contributed by atoms with van der Waals surface area (Å²) in [7, 11) is 0. The number of fused-ring (bicyclic) bond motifs is 1. The molecule has 5 heteroatoms. The second-order valence-corrected chi connectivity index (χ2v) is 9.33. The lowest BCUT2D eigenvalue weighted by atomic mass is 9.95. The van der Waals surface area contributed by atoms with Crippen LogP contribution in [0.2, 0.25) is 0 Å². The maximum atomic E-state index is 13.7. The minimum absolute atomic E-state index is 0.0293. The van der Waals surface area contributed by atoms with Crippen LogP contribution < -0.4 is 0 Å². The molecule has 0 fully saturated rings. The molecule has 4 rings (SSSR count). The summed E-state index contributed by atoms with van der Waals surface area (Å²) in [5, 5.41) is 0. The predicted molar refractivity (Wildman–Crippen MR) is 131 cm³/mol. The minimum atomic E-state index is -0.164. The highest BCUT2D eigenvalue weighted by atomic mass is 16.2. The van der Waals surface area contributed by atoms with Crippen LogP contribution >= 0.6 is 0 Å². The van der Waals surface area contributed by atoms with Crippen LogP contribution in [-0.2, 0) is 11.3 Å². The summed E-state index contributed by atoms with van der Waals surface area (Å²) < 4.78 is 2.22. The molecule has 172 valence electrons. The summed E-state index contributed by atoms with van der Waals surface area (Å²) in [5.41, 5.74) is 4.09. The molecule has 0 radical (unpaired) electrons. The highest BCUT2D eigenvalue weighted by Crippen LogP contribution is 2.33. The molecule has 5 nitrogen and oxygen atoms in total. The van der Waals surface area contributed by atoms with Gasteiger partial charge in [-0.3, -0.25) is 9.59 Å². The van der Waals surface area contributed by atoms with Crippen molar-refractivity contribution in [3.8, 4) is 0 Å². The fraction of sp³-hybridized carbons (Fsp3) is 0.357. The van der Waals surface area contributed by atoms with Gasteiger partial charge in [0.05, 0.1) is 6.04 Å². The standard InChI is InChI=1S/C28H33N3O2/c1-20(2)22-12-14-23(15-13-22)27-25-11-8-16-29(25)17-18-30(27)26(32)19-31(21(3)4)28(33)24-9-6-5-7-10-24/h5-16,20-21,27H,17-19H2,1-4H3. The molecule has 0 N–H and O–H groups in total. The Bertz CT molecular complexity index is 1100. The van der Waals surface area contributed by atoms with Gasteiger partial charge in [0.25, 0.3) is 5.91 Å². The average Bonchev–Trinajstić information content (AvgIpc) is 3.30. The molecule has 0 saturated heterocycles. The Hall–Kier alpha value is -3.34. The van der Waals surface area contributed by atoms with Crippen LogP contribution in [0.15, 0.2) is 72.9 Å². The number of amides is 2. The fourth-order valence-corrected chi connectivity index (χ4v) is 4.54. The van der Waals surface area contributed by atoms with Crippen molar-refractivity contribution < 1.29 is 9.59 Å². The van der Waals surface area contributed by atoms with E-state index < -0.39 is 0 Å². The maximum Gasteiger partial charge on any atom is 0.254 e. The van der Waals surface area contributed by atoms with Gasteiger partial charge in [0.15, 0.2) is 0 Å². The normalized spacial score (nSPS) is 15.6. The van der Waals surface area contributed by atoms with E-state index in [1.165, 1.54) is 5.56 Å². The van der Waals surface area contributed by atoms with Gasteiger partial charge < -0.3 is 14.4 Å². The number of hydrogen-bond acceptors (Lipinski definition) is 2. The van der Waals surface area contributed by atoms with Crippen molar-refractivity contribution in [3.05, 3.63) is 95.3 Å². The molecule has 1 aromatic heterocycles. The number of aromatic nitrogens is 1. The minimum Gasteiger partial charge on any atom is -0.348 e. The number of hydrogen-bond donors (Lipinski definition) is 0. The zero-order valence-corrected chi connectivity index (χ0v) is 19.9. The number of carbonyl (C=O) groups excluding carboxylic acids is 2. The molecule has 1 aliphatic heterocycles. The van der Waals surface area contributed by atoms with E-state index in [1.807, 2.05) is 43.0 Å². The molecule has 33 heavy (non-hydrogen) atoms. The smallest absolute Gasteiger partial charge is 0.254 e. The summed E-state index contributed by atoms with van der Waals surface area (Å²) in [5.74, 6) is 0.311. The number of rotatable bonds is 6. The van der Waals surface area contributed by atoms with Gasteiger partial charge in [-0.1, -0.05) is 56.3 Å². The molecule has 0 saturated carbocycles. The zero-order chi connectivity index (χ0) is 23.5. The number of nitrogens with zero attached hydrogens (tertiary/aromatic N) is 3. The van der Waals surface area contributed by atoms with Crippen LogP contribution in [0.1, 0.15) is 66.8 Å². The van der Waals surface area contributed by atoms with E-state index >= 15 is 0 Å². The number of benzene rings is 2. The van der Waals surface area contributed by atoms with Crippen LogP contribution in [0.3, 0.4) is 0 Å². The highest BCUT2D eigenvalue weighted by molar-refractivity contribution is 5.96. The van der Waals surface area contributed by atoms with E-state index in [-0.39, 0.29) is 30.4 Å². The molecule has 2 aromatic carbocycles. The third-order valence-electron chi connectivity index (χ3n) is 6.49. The van der Waals surface area contributed by atoms with Crippen molar-refractivity contribution in [2.75, 3.05) is 13.1 Å². The van der Waals surface area contributed by atoms with Crippen molar-refractivity contribution in [2.24, 2.45) is 0 Å². The molecule has 2 heterocycles. The van der Waals surface area contributed by atoms with E-state index in [1.54, 1.807) is 17.0 Å². The summed E-state index contributed by atoms with van der Waals surface area (Å²) in [6, 6.07) is 21.7. The summed E-state index contributed by atoms with van der Waals surface area (Å²) >= 11 is 0. The van der Waals surface area contributed by atoms with E-state index in [0.717, 1.165) is 17.8 Å². The lowest BCUT2D eigenvalue weighted by molar-refractivity contribution is -0.135. The first kappa shape index (κ1) is 22.8. The van der Waals surface area contributed by atoms with Gasteiger partial charge >= 0.3 is 0 Å². The Balaban J connectivity index is 1.62. The Labute approximate surface area is 196 Å². The number of carbonyl (C=O) groups is 2. The first-order chi connectivity index (χ1) is 15.9. The molecular weight excluding hydrogens is 410 g/mol. The monoisotopic (exact) mass is 443 g/mol. The zero-order valence-electron chi connectivity index (χ0n) is 19.9. The third-order valence-corrected chi connectivity index (χ3v) is 6.49. The molecule has 1 unspecified atom stereocenters. The summed E-state index contributed by atoms with van der Waals surface area (Å²) in [6.07, 6.45) is 2.08. The molecular formula is C28H33N3O2. The van der Waals surface area contributed by atoms with Crippen molar-refractivity contribution in [3.63, 3.8) is 0 Å². The third kappa shape index (κ3) is 4.72. The summed E-state index contributed by atoms with van der Waals surface area (Å²) in [4.78, 5) is 30.4. The van der Waals surface area contributed by atoms with E-state index in [0.29, 0.717) is 18.0 Å². The first-order valence-corrected chi connectivity index (χ1v) is 11.8. The highest BCUT2D eigenvalue weighted by Gasteiger charge is 2.34. The Morgan fingerprint density at radius 3 is 2.24 bits per heavy atom. The van der Waals surface area contributed by atoms with Gasteiger partial charge in [-0.05, 0) is 55.2 Å². The van der Waals surface area contributed by atoms with Gasteiger partial charge in [0, 0.05) is 36.6 Å². The van der Waals surface area contributed by atoms with Crippen molar-refractivity contribution in [1.29, 1.82) is 0 Å². The lowest BCUT2D eigenvalue weighted by Gasteiger charge is -2.39. The van der Waals surface area contributed by atoms with Gasteiger partial charge in [-0.2, -0.15) is 0 Å². The SMILES string of the molecule is CC(C)c1ccc(C2c3cccn3CCN2C(=O)CN(C(=O)c2ccccc2)C(C)C)cc1. The Morgan fingerprint density at radius 1 is 0.909 bits per heavy atom. The lowest BCUT2D eigenvalue weighted by Crippen LogP contribution is -2.49. The molecule has 1 atom stereocenters. The van der Waals surface area contributed by atoms with E-state index in [4.69, 9.17) is 0 Å². The van der Waals surface area contributed by atoms with Crippen LogP contribution in [0, 0.1) is 0 Å². The molecule has 0 aliphatic carbocycles. The van der Waals surface area contributed by atoms with Crippen molar-refractivity contribution in [2.45, 2.75) is 52.2 Å². The van der Waals surface area contributed by atoms with Crippen LogP contribution in [0.25, 0.3) is 0 Å². The Morgan fingerprint density at radius 2 is 1.61 bits per heavy atom. The van der Waals surface area contributed by atoms with E-state index in [9.17, 15) is 9.59 Å². The van der Waals surface area contributed by atoms with Gasteiger partial charge in [0.1, 0.15) is 6.54 Å². The van der Waals surface area contributed by atoms with Crippen LogP contribution in [-0.4, -0.2) is 45.3 Å². The van der Waals surface area contributed by atoms with Crippen molar-refractivity contribution in [1.82, 2.24) is 14.4 Å². The molecule has 1 aliphatic rings. The van der Waals surface area contributed by atoms with Gasteiger partial charge in [-0.15, -0.1) is 0 Å². The van der Waals surface area contributed by atoms with Gasteiger partial charge in [0.2, 0.25) is 5.91 Å². The predicted octanol–water partition coefficient (Wildman–Crippen LogP) is 5.09. The second-order valence-electron chi connectivity index (χ2n) is 9.33. The second kappa shape index (κ2) is 9.65. The van der Waals surface area contributed by atoms with Crippen LogP contribution in [0.4, 0.5) is 0 Å². The molecule has 0 spiro atoms. The topological polar surface area (TPSA) is 45.6 Å². The van der Waals surface area contributed by atoms with Crippen molar-refractivity contribution >= 4 is 11.8 Å². The largest absolute Gasteiger partial charge is 0.348 e. The first-order valence-electron chi connectivity index (χ1n) is 11.8. The van der Waals surface area contributed by atoms with Crippen LogP contribution in [0.5, 0.6) is 0 Å². The van der Waals surface area contributed by atoms with E-state index in [2.05, 4.69) is 54.9 Å². The maximum absolute atomic E-state index is 13.7. The summed E-state index contributed by atoms with van der Waals surface area (Å²) in [6.45, 7) is 9.70. The van der Waals surface area contributed by atoms with Gasteiger partial charge in [-0.25, -0.2) is 0 Å². The molecule has 3 aromatic rings. The molecule has 0 bridgehead atoms. The average molecular weight is 444 g/mol. The molecule has 2 amide bonds.